The Labute approximate surface area is 154 Å². The van der Waals surface area contributed by atoms with Gasteiger partial charge in [-0.25, -0.2) is 0 Å². The number of nitro groups is 1. The number of amides is 1. The average molecular weight is 380 g/mol. The molecule has 0 radical (unpaired) electrons. The van der Waals surface area contributed by atoms with Crippen molar-refractivity contribution in [2.45, 2.75) is 13.5 Å². The maximum atomic E-state index is 12.3. The fourth-order valence-corrected chi connectivity index (χ4v) is 3.45. The number of hydrogen-bond donors (Lipinski definition) is 1. The molecule has 0 aliphatic heterocycles. The highest BCUT2D eigenvalue weighted by Crippen LogP contribution is 2.23. The number of nitrogens with one attached hydrogen (secondary N) is 1. The maximum absolute atomic E-state index is 12.3. The molecule has 0 unspecified atom stereocenters. The summed E-state index contributed by atoms with van der Waals surface area (Å²) in [7, 11) is 0. The second kappa shape index (κ2) is 8.75. The zero-order valence-corrected chi connectivity index (χ0v) is 15.3. The Morgan fingerprint density at radius 2 is 2.20 bits per heavy atom. The van der Waals surface area contributed by atoms with Gasteiger partial charge in [0.05, 0.1) is 15.8 Å². The Bertz CT molecular complexity index is 791. The van der Waals surface area contributed by atoms with E-state index >= 15 is 0 Å². The summed E-state index contributed by atoms with van der Waals surface area (Å²) in [5.74, 6) is -0.193. The van der Waals surface area contributed by atoms with E-state index in [4.69, 9.17) is 11.6 Å². The summed E-state index contributed by atoms with van der Waals surface area (Å²) in [6.07, 6.45) is 1.74. The van der Waals surface area contributed by atoms with Crippen molar-refractivity contribution in [3.63, 3.8) is 0 Å². The zero-order valence-electron chi connectivity index (χ0n) is 13.7. The van der Waals surface area contributed by atoms with Crippen LogP contribution in [0.5, 0.6) is 0 Å². The lowest BCUT2D eigenvalue weighted by molar-refractivity contribution is -0.384. The van der Waals surface area contributed by atoms with Gasteiger partial charge in [0, 0.05) is 35.8 Å². The molecule has 8 heteroatoms. The average Bonchev–Trinajstić information content (AvgIpc) is 2.94. The summed E-state index contributed by atoms with van der Waals surface area (Å²) < 4.78 is 0.708. The van der Waals surface area contributed by atoms with Crippen molar-refractivity contribution < 1.29 is 9.72 Å². The SMILES string of the molecule is C=CCN(CC(=O)Nc1ccc([N+](=O)[O-])cc1C)Cc1ccc(Cl)s1. The van der Waals surface area contributed by atoms with Crippen LogP contribution < -0.4 is 5.32 Å². The number of benzene rings is 1. The lowest BCUT2D eigenvalue weighted by Crippen LogP contribution is -2.33. The van der Waals surface area contributed by atoms with E-state index in [-0.39, 0.29) is 18.1 Å². The van der Waals surface area contributed by atoms with Crippen molar-refractivity contribution in [2.24, 2.45) is 0 Å². The van der Waals surface area contributed by atoms with E-state index in [1.54, 1.807) is 19.1 Å². The van der Waals surface area contributed by atoms with Crippen LogP contribution >= 0.6 is 22.9 Å². The number of nitro benzene ring substituents is 1. The molecule has 0 atom stereocenters. The van der Waals surface area contributed by atoms with Gasteiger partial charge < -0.3 is 5.32 Å². The van der Waals surface area contributed by atoms with Gasteiger partial charge in [-0.15, -0.1) is 17.9 Å². The van der Waals surface area contributed by atoms with E-state index in [2.05, 4.69) is 11.9 Å². The van der Waals surface area contributed by atoms with E-state index in [0.717, 1.165) is 4.88 Å². The highest BCUT2D eigenvalue weighted by molar-refractivity contribution is 7.16. The van der Waals surface area contributed by atoms with Gasteiger partial charge in [0.2, 0.25) is 5.91 Å². The molecule has 0 aliphatic carbocycles. The van der Waals surface area contributed by atoms with E-state index < -0.39 is 4.92 Å². The van der Waals surface area contributed by atoms with Crippen LogP contribution in [0.15, 0.2) is 43.0 Å². The maximum Gasteiger partial charge on any atom is 0.269 e. The summed E-state index contributed by atoms with van der Waals surface area (Å²) in [6.45, 7) is 6.77. The molecule has 0 bridgehead atoms. The van der Waals surface area contributed by atoms with Gasteiger partial charge in [0.1, 0.15) is 0 Å². The van der Waals surface area contributed by atoms with Gasteiger partial charge in [-0.3, -0.25) is 19.8 Å². The molecule has 0 fully saturated rings. The molecule has 0 saturated heterocycles. The van der Waals surface area contributed by atoms with Crippen LogP contribution in [0.2, 0.25) is 4.34 Å². The highest BCUT2D eigenvalue weighted by atomic mass is 35.5. The normalized spacial score (nSPS) is 10.7. The van der Waals surface area contributed by atoms with Gasteiger partial charge >= 0.3 is 0 Å². The second-order valence-corrected chi connectivity index (χ2v) is 7.27. The van der Waals surface area contributed by atoms with Crippen LogP contribution in [0, 0.1) is 17.0 Å². The Morgan fingerprint density at radius 3 is 2.76 bits per heavy atom. The number of aryl methyl sites for hydroxylation is 1. The molecule has 2 aromatic rings. The first-order valence-electron chi connectivity index (χ1n) is 7.51. The number of non-ortho nitro benzene ring substituents is 1. The molecular weight excluding hydrogens is 362 g/mol. The molecule has 0 aliphatic rings. The first-order chi connectivity index (χ1) is 11.9. The summed E-state index contributed by atoms with van der Waals surface area (Å²) in [4.78, 5) is 25.6. The minimum absolute atomic E-state index is 0.00152. The molecule has 1 aromatic carbocycles. The minimum atomic E-state index is -0.462. The van der Waals surface area contributed by atoms with Gasteiger partial charge in [0.15, 0.2) is 0 Å². The Kier molecular flexibility index (Phi) is 6.69. The number of thiophene rings is 1. The second-order valence-electron chi connectivity index (χ2n) is 5.47. The number of nitrogens with zero attached hydrogens (tertiary/aromatic N) is 2. The molecule has 25 heavy (non-hydrogen) atoms. The van der Waals surface area contributed by atoms with Crippen LogP contribution in [0.4, 0.5) is 11.4 Å². The van der Waals surface area contributed by atoms with Gasteiger partial charge in [0.25, 0.3) is 5.69 Å². The highest BCUT2D eigenvalue weighted by Gasteiger charge is 2.14. The van der Waals surface area contributed by atoms with Crippen molar-refractivity contribution in [3.05, 3.63) is 67.9 Å². The fourth-order valence-electron chi connectivity index (χ4n) is 2.32. The number of rotatable bonds is 8. The molecule has 0 spiro atoms. The quantitative estimate of drug-likeness (QED) is 0.422. The van der Waals surface area contributed by atoms with Crippen LogP contribution in [-0.2, 0) is 11.3 Å². The van der Waals surface area contributed by atoms with E-state index in [1.165, 1.54) is 23.5 Å². The van der Waals surface area contributed by atoms with Crippen molar-refractivity contribution in [1.82, 2.24) is 4.90 Å². The third-order valence-electron chi connectivity index (χ3n) is 3.46. The number of hydrogen-bond acceptors (Lipinski definition) is 5. The predicted octanol–water partition coefficient (Wildman–Crippen LogP) is 4.24. The molecule has 0 saturated carbocycles. The van der Waals surface area contributed by atoms with Crippen LogP contribution in [0.1, 0.15) is 10.4 Å². The largest absolute Gasteiger partial charge is 0.325 e. The number of carbonyl (C=O) groups excluding carboxylic acids is 1. The van der Waals surface area contributed by atoms with Crippen LogP contribution in [0.3, 0.4) is 0 Å². The number of anilines is 1. The van der Waals surface area contributed by atoms with Crippen molar-refractivity contribution >= 4 is 40.2 Å². The Hall–Kier alpha value is -2.22. The summed E-state index contributed by atoms with van der Waals surface area (Å²) in [5.41, 5.74) is 1.20. The molecule has 1 aromatic heterocycles. The summed E-state index contributed by atoms with van der Waals surface area (Å²) in [5, 5.41) is 13.6. The van der Waals surface area contributed by atoms with Crippen LogP contribution in [-0.4, -0.2) is 28.8 Å². The van der Waals surface area contributed by atoms with E-state index in [1.807, 2.05) is 17.0 Å². The van der Waals surface area contributed by atoms with E-state index in [0.29, 0.717) is 28.7 Å². The lowest BCUT2D eigenvalue weighted by atomic mass is 10.2. The first-order valence-corrected chi connectivity index (χ1v) is 8.71. The van der Waals surface area contributed by atoms with Crippen molar-refractivity contribution in [2.75, 3.05) is 18.4 Å². The number of halogens is 1. The molecule has 1 amide bonds. The topological polar surface area (TPSA) is 75.5 Å². The third-order valence-corrected chi connectivity index (χ3v) is 4.67. The van der Waals surface area contributed by atoms with Crippen molar-refractivity contribution in [3.8, 4) is 0 Å². The summed E-state index contributed by atoms with van der Waals surface area (Å²) >= 11 is 7.41. The van der Waals surface area contributed by atoms with Gasteiger partial charge in [-0.05, 0) is 30.7 Å². The monoisotopic (exact) mass is 379 g/mol. The van der Waals surface area contributed by atoms with Gasteiger partial charge in [-0.1, -0.05) is 17.7 Å². The number of carbonyl (C=O) groups is 1. The van der Waals surface area contributed by atoms with Crippen molar-refractivity contribution in [1.29, 1.82) is 0 Å². The molecule has 2 rings (SSSR count). The van der Waals surface area contributed by atoms with Gasteiger partial charge in [-0.2, -0.15) is 0 Å². The molecule has 1 N–H and O–H groups in total. The lowest BCUT2D eigenvalue weighted by Gasteiger charge is -2.19. The molecule has 132 valence electrons. The molecular formula is C17H18ClN3O3S. The summed E-state index contributed by atoms with van der Waals surface area (Å²) in [6, 6.07) is 8.11. The Balaban J connectivity index is 2.01. The smallest absolute Gasteiger partial charge is 0.269 e. The molecule has 6 nitrogen and oxygen atoms in total. The van der Waals surface area contributed by atoms with E-state index in [9.17, 15) is 14.9 Å². The minimum Gasteiger partial charge on any atom is -0.325 e. The molecule has 1 heterocycles. The Morgan fingerprint density at radius 1 is 1.44 bits per heavy atom. The zero-order chi connectivity index (χ0) is 18.4. The third kappa shape index (κ3) is 5.67. The van der Waals surface area contributed by atoms with Crippen LogP contribution in [0.25, 0.3) is 0 Å². The first kappa shape index (κ1) is 19.1. The predicted molar refractivity (Wildman–Crippen MR) is 101 cm³/mol. The fraction of sp³-hybridized carbons (Fsp3) is 0.235. The standard InChI is InChI=1S/C17H18ClN3O3S/c1-3-8-20(10-14-5-7-16(18)25-14)11-17(22)19-15-6-4-13(21(23)24)9-12(15)2/h3-7,9H,1,8,10-11H2,2H3,(H,19,22).